The van der Waals surface area contributed by atoms with Crippen LogP contribution in [0.5, 0.6) is 0 Å². The Kier molecular flexibility index (Phi) is 6.30. The van der Waals surface area contributed by atoms with Crippen molar-refractivity contribution in [1.29, 1.82) is 0 Å². The Morgan fingerprint density at radius 2 is 1.79 bits per heavy atom. The first-order chi connectivity index (χ1) is 8.95. The van der Waals surface area contributed by atoms with Gasteiger partial charge in [-0.1, -0.05) is 48.7 Å². The van der Waals surface area contributed by atoms with Crippen molar-refractivity contribution in [2.24, 2.45) is 5.92 Å². The van der Waals surface area contributed by atoms with Crippen molar-refractivity contribution in [3.8, 4) is 0 Å². The molecule has 0 amide bonds. The van der Waals surface area contributed by atoms with Crippen LogP contribution in [0.1, 0.15) is 46.5 Å². The second-order valence-electron chi connectivity index (χ2n) is 5.33. The van der Waals surface area contributed by atoms with Gasteiger partial charge in [-0.2, -0.15) is 0 Å². The second-order valence-corrected chi connectivity index (χ2v) is 5.74. The van der Waals surface area contributed by atoms with Gasteiger partial charge in [0.25, 0.3) is 0 Å². The molecule has 0 aromatic rings. The Morgan fingerprint density at radius 1 is 1.21 bits per heavy atom. The van der Waals surface area contributed by atoms with Crippen molar-refractivity contribution in [3.63, 3.8) is 0 Å². The normalized spacial score (nSPS) is 17.5. The lowest BCUT2D eigenvalue weighted by atomic mass is 9.95. The molecule has 0 aliphatic heterocycles. The summed E-state index contributed by atoms with van der Waals surface area (Å²) < 4.78 is 0. The van der Waals surface area contributed by atoms with Crippen LogP contribution in [0.3, 0.4) is 0 Å². The van der Waals surface area contributed by atoms with E-state index in [1.165, 1.54) is 25.7 Å². The number of hydrogen-bond acceptors (Lipinski definition) is 1. The summed E-state index contributed by atoms with van der Waals surface area (Å²) in [6, 6.07) is 0. The molecule has 1 nitrogen and oxygen atoms in total. The predicted octanol–water partition coefficient (Wildman–Crippen LogP) is 5.34. The van der Waals surface area contributed by atoms with Crippen molar-refractivity contribution in [2.45, 2.75) is 46.5 Å². The van der Waals surface area contributed by atoms with Crippen LogP contribution in [-0.4, -0.2) is 5.78 Å². The molecule has 1 aliphatic carbocycles. The number of hydrogen-bond donors (Lipinski definition) is 0. The predicted molar refractivity (Wildman–Crippen MR) is 83.2 cm³/mol. The van der Waals surface area contributed by atoms with E-state index in [1.54, 1.807) is 13.0 Å². The third-order valence-corrected chi connectivity index (χ3v) is 3.96. The van der Waals surface area contributed by atoms with Gasteiger partial charge in [-0.05, 0) is 51.2 Å². The zero-order valence-corrected chi connectivity index (χ0v) is 12.9. The van der Waals surface area contributed by atoms with Crippen molar-refractivity contribution in [3.05, 3.63) is 46.6 Å². The summed E-state index contributed by atoms with van der Waals surface area (Å²) in [5.41, 5.74) is 2.61. The Morgan fingerprint density at radius 3 is 2.21 bits per heavy atom. The molecule has 1 aliphatic rings. The fourth-order valence-electron chi connectivity index (χ4n) is 2.30. The minimum absolute atomic E-state index is 0.0799. The second kappa shape index (κ2) is 7.49. The number of Topliss-reactive ketones (excluding diaryl/α,β-unsaturated/α-hetero) is 1. The molecular formula is C17H23ClO. The minimum Gasteiger partial charge on any atom is -0.295 e. The van der Waals surface area contributed by atoms with Gasteiger partial charge in [-0.25, -0.2) is 0 Å². The molecule has 2 heteroatoms. The molecule has 0 heterocycles. The molecule has 0 aromatic heterocycles. The van der Waals surface area contributed by atoms with Crippen LogP contribution in [0.15, 0.2) is 46.6 Å². The molecule has 0 saturated heterocycles. The molecule has 1 rings (SSSR count). The lowest BCUT2D eigenvalue weighted by Crippen LogP contribution is -2.02. The van der Waals surface area contributed by atoms with Gasteiger partial charge < -0.3 is 0 Å². The molecule has 0 aromatic carbocycles. The van der Waals surface area contributed by atoms with E-state index in [2.05, 4.69) is 12.7 Å². The molecule has 104 valence electrons. The lowest BCUT2D eigenvalue weighted by molar-refractivity contribution is -0.113. The van der Waals surface area contributed by atoms with Gasteiger partial charge >= 0.3 is 0 Å². The van der Waals surface area contributed by atoms with Crippen LogP contribution in [0.4, 0.5) is 0 Å². The summed E-state index contributed by atoms with van der Waals surface area (Å²) in [6.45, 7) is 9.32. The van der Waals surface area contributed by atoms with Gasteiger partial charge in [0.05, 0.1) is 0 Å². The first kappa shape index (κ1) is 16.0. The molecule has 0 bridgehead atoms. The number of carbonyl (C=O) groups excluding carboxylic acids is 1. The highest BCUT2D eigenvalue weighted by Gasteiger charge is 2.16. The maximum atomic E-state index is 11.9. The quantitative estimate of drug-likeness (QED) is 0.490. The molecule has 0 spiro atoms. The van der Waals surface area contributed by atoms with Gasteiger partial charge in [-0.3, -0.25) is 4.79 Å². The molecule has 0 unspecified atom stereocenters. The van der Waals surface area contributed by atoms with Crippen LogP contribution in [0.25, 0.3) is 0 Å². The van der Waals surface area contributed by atoms with Gasteiger partial charge in [-0.15, -0.1) is 0 Å². The average Bonchev–Trinajstić information content (AvgIpc) is 2.85. The van der Waals surface area contributed by atoms with Crippen LogP contribution in [-0.2, 0) is 4.79 Å². The van der Waals surface area contributed by atoms with E-state index in [0.717, 1.165) is 16.7 Å². The summed E-state index contributed by atoms with van der Waals surface area (Å²) in [7, 11) is 0. The minimum atomic E-state index is 0.0799. The van der Waals surface area contributed by atoms with Crippen LogP contribution in [0.2, 0.25) is 0 Å². The van der Waals surface area contributed by atoms with E-state index in [4.69, 9.17) is 11.6 Å². The van der Waals surface area contributed by atoms with E-state index in [0.29, 0.717) is 11.0 Å². The number of halogens is 1. The zero-order valence-electron chi connectivity index (χ0n) is 12.1. The summed E-state index contributed by atoms with van der Waals surface area (Å²) in [6.07, 6.45) is 10.5. The monoisotopic (exact) mass is 278 g/mol. The first-order valence-corrected chi connectivity index (χ1v) is 7.23. The number of carbonyl (C=O) groups is 1. The number of allylic oxidation sites excluding steroid dienone is 7. The SMILES string of the molecule is C=CC(=C\C(Cl)=C(C)C)/C(=C/C1CCCC1)C(C)=O. The third kappa shape index (κ3) is 4.83. The fourth-order valence-corrected chi connectivity index (χ4v) is 2.42. The zero-order chi connectivity index (χ0) is 14.4. The maximum Gasteiger partial charge on any atom is 0.160 e. The van der Waals surface area contributed by atoms with E-state index in [-0.39, 0.29) is 5.78 Å². The average molecular weight is 279 g/mol. The van der Waals surface area contributed by atoms with Crippen LogP contribution >= 0.6 is 11.6 Å². The standard InChI is InChI=1S/C17H23ClO/c1-5-15(11-17(18)12(2)3)16(13(4)19)10-14-8-6-7-9-14/h5,10-11,14H,1,6-9H2,2-4H3/b15-11+,16-10+. The van der Waals surface area contributed by atoms with E-state index >= 15 is 0 Å². The summed E-state index contributed by atoms with van der Waals surface area (Å²) in [5, 5.41) is 0.675. The van der Waals surface area contributed by atoms with Crippen molar-refractivity contribution < 1.29 is 4.79 Å². The van der Waals surface area contributed by atoms with E-state index in [9.17, 15) is 4.79 Å². The number of rotatable bonds is 5. The molecule has 0 N–H and O–H groups in total. The maximum absolute atomic E-state index is 11.9. The highest BCUT2D eigenvalue weighted by atomic mass is 35.5. The van der Waals surface area contributed by atoms with Gasteiger partial charge in [0, 0.05) is 10.6 Å². The molecular weight excluding hydrogens is 256 g/mol. The van der Waals surface area contributed by atoms with E-state index < -0.39 is 0 Å². The van der Waals surface area contributed by atoms with E-state index in [1.807, 2.05) is 19.9 Å². The molecule has 0 atom stereocenters. The molecule has 1 saturated carbocycles. The topological polar surface area (TPSA) is 17.1 Å². The van der Waals surface area contributed by atoms with Crippen molar-refractivity contribution >= 4 is 17.4 Å². The van der Waals surface area contributed by atoms with Gasteiger partial charge in [0.1, 0.15) is 0 Å². The lowest BCUT2D eigenvalue weighted by Gasteiger charge is -2.09. The molecule has 19 heavy (non-hydrogen) atoms. The van der Waals surface area contributed by atoms with Crippen LogP contribution in [0, 0.1) is 5.92 Å². The van der Waals surface area contributed by atoms with Crippen molar-refractivity contribution in [2.75, 3.05) is 0 Å². The third-order valence-electron chi connectivity index (χ3n) is 3.47. The highest BCUT2D eigenvalue weighted by molar-refractivity contribution is 6.31. The summed E-state index contributed by atoms with van der Waals surface area (Å²) in [4.78, 5) is 11.9. The summed E-state index contributed by atoms with van der Waals surface area (Å²) >= 11 is 6.17. The molecule has 1 fully saturated rings. The Hall–Kier alpha value is -1.08. The fraction of sp³-hybridized carbons (Fsp3) is 0.471. The Bertz CT molecular complexity index is 442. The van der Waals surface area contributed by atoms with Crippen molar-refractivity contribution in [1.82, 2.24) is 0 Å². The first-order valence-electron chi connectivity index (χ1n) is 6.86. The smallest absolute Gasteiger partial charge is 0.160 e. The number of ketones is 1. The highest BCUT2D eigenvalue weighted by Crippen LogP contribution is 2.29. The van der Waals surface area contributed by atoms with Gasteiger partial charge in [0.2, 0.25) is 0 Å². The Balaban J connectivity index is 3.12. The van der Waals surface area contributed by atoms with Gasteiger partial charge in [0.15, 0.2) is 5.78 Å². The summed E-state index contributed by atoms with van der Waals surface area (Å²) in [5.74, 6) is 0.601. The largest absolute Gasteiger partial charge is 0.295 e. The van der Waals surface area contributed by atoms with Crippen LogP contribution < -0.4 is 0 Å². The molecule has 0 radical (unpaired) electrons. The Labute approximate surface area is 121 Å².